The molecule has 2 fully saturated rings. The molecular formula is C13H16FN. The molecule has 2 heteroatoms. The van der Waals surface area contributed by atoms with E-state index in [9.17, 15) is 4.39 Å². The zero-order valence-electron chi connectivity index (χ0n) is 8.75. The topological polar surface area (TPSA) is 12.0 Å². The molecule has 3 atom stereocenters. The molecule has 0 aromatic heterocycles. The summed E-state index contributed by atoms with van der Waals surface area (Å²) < 4.78 is 13.0. The maximum atomic E-state index is 13.0. The molecule has 3 unspecified atom stereocenters. The van der Waals surface area contributed by atoms with Crippen LogP contribution in [-0.2, 0) is 0 Å². The second-order valence-electron chi connectivity index (χ2n) is 4.94. The smallest absolute Gasteiger partial charge is 0.125 e. The molecule has 1 N–H and O–H groups in total. The van der Waals surface area contributed by atoms with Crippen LogP contribution < -0.4 is 5.32 Å². The molecular weight excluding hydrogens is 189 g/mol. The predicted molar refractivity (Wildman–Crippen MR) is 59.3 cm³/mol. The number of hydrogen-bond donors (Lipinski definition) is 1. The van der Waals surface area contributed by atoms with E-state index in [4.69, 9.17) is 0 Å². The first kappa shape index (κ1) is 9.20. The van der Waals surface area contributed by atoms with Gasteiger partial charge in [0.15, 0.2) is 0 Å². The molecule has 0 saturated heterocycles. The van der Waals surface area contributed by atoms with Crippen molar-refractivity contribution in [3.05, 3.63) is 30.1 Å². The average molecular weight is 205 g/mol. The van der Waals surface area contributed by atoms with Crippen molar-refractivity contribution in [3.63, 3.8) is 0 Å². The molecule has 0 radical (unpaired) electrons. The summed E-state index contributed by atoms with van der Waals surface area (Å²) in [5.74, 6) is 1.61. The van der Waals surface area contributed by atoms with Gasteiger partial charge in [-0.15, -0.1) is 0 Å². The number of benzene rings is 1. The summed E-state index contributed by atoms with van der Waals surface area (Å²) in [5.41, 5.74) is 0.938. The second-order valence-corrected chi connectivity index (χ2v) is 4.94. The Morgan fingerprint density at radius 3 is 2.80 bits per heavy atom. The van der Waals surface area contributed by atoms with Crippen LogP contribution in [0, 0.1) is 17.7 Å². The van der Waals surface area contributed by atoms with Crippen molar-refractivity contribution < 1.29 is 4.39 Å². The van der Waals surface area contributed by atoms with Crippen LogP contribution in [0.25, 0.3) is 0 Å². The number of anilines is 1. The van der Waals surface area contributed by atoms with E-state index in [-0.39, 0.29) is 5.82 Å². The van der Waals surface area contributed by atoms with Gasteiger partial charge in [0.05, 0.1) is 0 Å². The molecule has 0 aliphatic heterocycles. The van der Waals surface area contributed by atoms with E-state index in [0.29, 0.717) is 6.04 Å². The Balaban J connectivity index is 1.71. The van der Waals surface area contributed by atoms with Gasteiger partial charge < -0.3 is 5.32 Å². The zero-order chi connectivity index (χ0) is 10.3. The molecule has 1 aromatic carbocycles. The van der Waals surface area contributed by atoms with Gasteiger partial charge in [-0.3, -0.25) is 0 Å². The lowest BCUT2D eigenvalue weighted by molar-refractivity contribution is 0.439. The van der Waals surface area contributed by atoms with Crippen LogP contribution in [0.2, 0.25) is 0 Å². The Morgan fingerprint density at radius 1 is 1.20 bits per heavy atom. The summed E-state index contributed by atoms with van der Waals surface area (Å²) in [5, 5.41) is 3.47. The highest BCUT2D eigenvalue weighted by Gasteiger charge is 2.39. The fourth-order valence-corrected chi connectivity index (χ4v) is 3.21. The quantitative estimate of drug-likeness (QED) is 0.780. The lowest BCUT2D eigenvalue weighted by Crippen LogP contribution is -2.25. The summed E-state index contributed by atoms with van der Waals surface area (Å²) in [6, 6.07) is 7.39. The third kappa shape index (κ3) is 1.73. The van der Waals surface area contributed by atoms with Crippen molar-refractivity contribution in [3.8, 4) is 0 Å². The van der Waals surface area contributed by atoms with Crippen LogP contribution in [0.4, 0.5) is 10.1 Å². The van der Waals surface area contributed by atoms with E-state index < -0.39 is 0 Å². The zero-order valence-corrected chi connectivity index (χ0v) is 8.75. The Bertz CT molecular complexity index is 363. The summed E-state index contributed by atoms with van der Waals surface area (Å²) >= 11 is 0. The Labute approximate surface area is 89.7 Å². The molecule has 15 heavy (non-hydrogen) atoms. The number of nitrogens with one attached hydrogen (secondary N) is 1. The molecule has 0 spiro atoms. The molecule has 0 amide bonds. The largest absolute Gasteiger partial charge is 0.382 e. The highest BCUT2D eigenvalue weighted by atomic mass is 19.1. The van der Waals surface area contributed by atoms with E-state index in [0.717, 1.165) is 17.5 Å². The summed E-state index contributed by atoms with van der Waals surface area (Å²) in [4.78, 5) is 0. The first-order chi connectivity index (χ1) is 7.31. The van der Waals surface area contributed by atoms with Crippen LogP contribution in [0.15, 0.2) is 24.3 Å². The van der Waals surface area contributed by atoms with Gasteiger partial charge in [-0.1, -0.05) is 12.5 Å². The van der Waals surface area contributed by atoms with Crippen molar-refractivity contribution >= 4 is 5.69 Å². The lowest BCUT2D eigenvalue weighted by Gasteiger charge is -2.23. The van der Waals surface area contributed by atoms with E-state index in [2.05, 4.69) is 5.32 Å². The molecule has 80 valence electrons. The van der Waals surface area contributed by atoms with Crippen LogP contribution >= 0.6 is 0 Å². The average Bonchev–Trinajstić information content (AvgIpc) is 2.79. The Morgan fingerprint density at radius 2 is 2.13 bits per heavy atom. The standard InChI is InChI=1S/C13H16FN/c14-11-2-1-3-12(8-11)15-13-7-9-4-5-10(13)6-9/h1-3,8-10,13,15H,4-7H2. The number of fused-ring (bicyclic) bond motifs is 2. The maximum absolute atomic E-state index is 13.0. The summed E-state index contributed by atoms with van der Waals surface area (Å²) in [7, 11) is 0. The molecule has 1 aromatic rings. The molecule has 1 nitrogen and oxygen atoms in total. The third-order valence-corrected chi connectivity index (χ3v) is 3.91. The van der Waals surface area contributed by atoms with Gasteiger partial charge in [0.2, 0.25) is 0 Å². The second kappa shape index (κ2) is 3.51. The van der Waals surface area contributed by atoms with Gasteiger partial charge in [0, 0.05) is 11.7 Å². The highest BCUT2D eigenvalue weighted by molar-refractivity contribution is 5.44. The summed E-state index contributed by atoms with van der Waals surface area (Å²) in [6.07, 6.45) is 5.43. The number of hydrogen-bond acceptors (Lipinski definition) is 1. The molecule has 0 heterocycles. The van der Waals surface area contributed by atoms with Crippen molar-refractivity contribution in [2.75, 3.05) is 5.32 Å². The van der Waals surface area contributed by atoms with Crippen molar-refractivity contribution in [2.24, 2.45) is 11.8 Å². The van der Waals surface area contributed by atoms with Crippen LogP contribution in [0.5, 0.6) is 0 Å². The maximum Gasteiger partial charge on any atom is 0.125 e. The van der Waals surface area contributed by atoms with Gasteiger partial charge >= 0.3 is 0 Å². The number of halogens is 1. The molecule has 2 saturated carbocycles. The van der Waals surface area contributed by atoms with Crippen LogP contribution in [0.3, 0.4) is 0 Å². The fraction of sp³-hybridized carbons (Fsp3) is 0.538. The summed E-state index contributed by atoms with van der Waals surface area (Å²) in [6.45, 7) is 0. The van der Waals surface area contributed by atoms with Gasteiger partial charge in [-0.05, 0) is 49.3 Å². The third-order valence-electron chi connectivity index (χ3n) is 3.91. The van der Waals surface area contributed by atoms with E-state index in [1.165, 1.54) is 31.7 Å². The van der Waals surface area contributed by atoms with E-state index in [1.807, 2.05) is 6.07 Å². The van der Waals surface area contributed by atoms with Crippen molar-refractivity contribution in [2.45, 2.75) is 31.7 Å². The van der Waals surface area contributed by atoms with Crippen molar-refractivity contribution in [1.82, 2.24) is 0 Å². The first-order valence-electron chi connectivity index (χ1n) is 5.83. The predicted octanol–water partition coefficient (Wildman–Crippen LogP) is 3.43. The van der Waals surface area contributed by atoms with Gasteiger partial charge in [0.25, 0.3) is 0 Å². The Hall–Kier alpha value is -1.05. The van der Waals surface area contributed by atoms with Crippen molar-refractivity contribution in [1.29, 1.82) is 0 Å². The molecule has 2 aliphatic carbocycles. The minimum Gasteiger partial charge on any atom is -0.382 e. The normalized spacial score (nSPS) is 33.3. The molecule has 3 rings (SSSR count). The molecule has 2 aliphatic rings. The molecule has 2 bridgehead atoms. The minimum atomic E-state index is -0.150. The van der Waals surface area contributed by atoms with E-state index in [1.54, 1.807) is 12.1 Å². The SMILES string of the molecule is Fc1cccc(NC2CC3CCC2C3)c1. The fourth-order valence-electron chi connectivity index (χ4n) is 3.21. The lowest BCUT2D eigenvalue weighted by atomic mass is 9.95. The van der Waals surface area contributed by atoms with Gasteiger partial charge in [0.1, 0.15) is 5.82 Å². The monoisotopic (exact) mass is 205 g/mol. The highest BCUT2D eigenvalue weighted by Crippen LogP contribution is 2.45. The first-order valence-corrected chi connectivity index (χ1v) is 5.83. The van der Waals surface area contributed by atoms with Crippen LogP contribution in [-0.4, -0.2) is 6.04 Å². The van der Waals surface area contributed by atoms with E-state index >= 15 is 0 Å². The number of rotatable bonds is 2. The van der Waals surface area contributed by atoms with Gasteiger partial charge in [-0.2, -0.15) is 0 Å². The van der Waals surface area contributed by atoms with Gasteiger partial charge in [-0.25, -0.2) is 4.39 Å². The Kier molecular flexibility index (Phi) is 2.15. The van der Waals surface area contributed by atoms with Crippen LogP contribution in [0.1, 0.15) is 25.7 Å². The minimum absolute atomic E-state index is 0.150.